The van der Waals surface area contributed by atoms with E-state index in [0.717, 1.165) is 44.8 Å². The number of carboxylic acids is 1. The number of rotatable bonds is 9. The summed E-state index contributed by atoms with van der Waals surface area (Å²) in [6, 6.07) is -1.05. The molecule has 26 heavy (non-hydrogen) atoms. The normalized spacial score (nSPS) is 26.8. The van der Waals surface area contributed by atoms with Gasteiger partial charge in [-0.15, -0.1) is 0 Å². The van der Waals surface area contributed by atoms with Crippen molar-refractivity contribution in [1.29, 1.82) is 0 Å². The lowest BCUT2D eigenvalue weighted by molar-refractivity contribution is -0.143. The van der Waals surface area contributed by atoms with Gasteiger partial charge in [-0.2, -0.15) is 0 Å². The number of ether oxygens (including phenoxy) is 1. The summed E-state index contributed by atoms with van der Waals surface area (Å²) in [6.07, 6.45) is 6.83. The van der Waals surface area contributed by atoms with Gasteiger partial charge in [0.15, 0.2) is 0 Å². The van der Waals surface area contributed by atoms with Gasteiger partial charge in [0.25, 0.3) is 0 Å². The van der Waals surface area contributed by atoms with Crippen LogP contribution in [0.15, 0.2) is 0 Å². The molecule has 0 spiro atoms. The molecule has 7 nitrogen and oxygen atoms in total. The van der Waals surface area contributed by atoms with E-state index in [1.165, 1.54) is 4.90 Å². The Morgan fingerprint density at radius 2 is 2.04 bits per heavy atom. The van der Waals surface area contributed by atoms with Crippen molar-refractivity contribution in [3.8, 4) is 0 Å². The molecule has 0 unspecified atom stereocenters. The quantitative estimate of drug-likeness (QED) is 0.629. The van der Waals surface area contributed by atoms with Crippen LogP contribution in [0.2, 0.25) is 0 Å². The largest absolute Gasteiger partial charge is 0.480 e. The molecule has 1 aliphatic heterocycles. The first-order chi connectivity index (χ1) is 12.5. The average molecular weight is 368 g/mol. The molecule has 0 aromatic carbocycles. The van der Waals surface area contributed by atoms with Crippen LogP contribution in [0.4, 0.5) is 4.79 Å². The molecule has 148 valence electrons. The first kappa shape index (κ1) is 20.7. The van der Waals surface area contributed by atoms with Gasteiger partial charge >= 0.3 is 12.1 Å². The number of carbonyl (C=O) groups is 3. The van der Waals surface area contributed by atoms with E-state index in [-0.39, 0.29) is 19.2 Å². The predicted octanol–water partition coefficient (Wildman–Crippen LogP) is 2.53. The summed E-state index contributed by atoms with van der Waals surface area (Å²) in [4.78, 5) is 39.3. The minimum atomic E-state index is -0.833. The summed E-state index contributed by atoms with van der Waals surface area (Å²) in [5.41, 5.74) is 0. The highest BCUT2D eigenvalue weighted by atomic mass is 16.6. The molecule has 1 N–H and O–H groups in total. The van der Waals surface area contributed by atoms with Crippen molar-refractivity contribution in [3.63, 3.8) is 0 Å². The molecule has 7 heteroatoms. The van der Waals surface area contributed by atoms with E-state index in [1.807, 2.05) is 11.8 Å². The maximum absolute atomic E-state index is 12.3. The Labute approximate surface area is 155 Å². The fraction of sp³-hybridized carbons (Fsp3) is 0.842. The third kappa shape index (κ3) is 4.75. The van der Waals surface area contributed by atoms with Crippen molar-refractivity contribution in [3.05, 3.63) is 0 Å². The minimum Gasteiger partial charge on any atom is -0.480 e. The molecule has 0 aromatic heterocycles. The molecule has 1 amide bonds. The van der Waals surface area contributed by atoms with Gasteiger partial charge in [-0.1, -0.05) is 26.2 Å². The highest BCUT2D eigenvalue weighted by molar-refractivity contribution is 5.75. The van der Waals surface area contributed by atoms with Crippen molar-refractivity contribution in [1.82, 2.24) is 9.80 Å². The standard InChI is InChI=1S/C19H32N2O5/c1-3-5-10-20(19(25)26-4-2)15(13-22)12-21-16-9-7-6-8-14(16)11-17(21)18(23)24/h13-17H,3-12H2,1-2H3,(H,23,24)/t14-,15-,16-,17-/m0/s1. The highest BCUT2D eigenvalue weighted by Gasteiger charge is 2.46. The van der Waals surface area contributed by atoms with E-state index in [2.05, 4.69) is 0 Å². The van der Waals surface area contributed by atoms with Gasteiger partial charge < -0.3 is 14.6 Å². The third-order valence-electron chi connectivity index (χ3n) is 5.72. The number of unbranched alkanes of at least 4 members (excludes halogenated alkanes) is 1. The van der Waals surface area contributed by atoms with Crippen LogP contribution in [-0.2, 0) is 14.3 Å². The zero-order chi connectivity index (χ0) is 19.1. The maximum Gasteiger partial charge on any atom is 0.410 e. The molecule has 0 radical (unpaired) electrons. The van der Waals surface area contributed by atoms with Gasteiger partial charge in [0.2, 0.25) is 0 Å². The molecule has 2 fully saturated rings. The molecule has 0 bridgehead atoms. The summed E-state index contributed by atoms with van der Waals surface area (Å²) in [6.45, 7) is 4.72. The molecule has 1 saturated heterocycles. The number of carboxylic acid groups (broad SMARTS) is 1. The van der Waals surface area contributed by atoms with E-state index < -0.39 is 24.1 Å². The molecule has 0 aromatic rings. The number of likely N-dealkylation sites (tertiary alicyclic amines) is 1. The second-order valence-corrected chi connectivity index (χ2v) is 7.35. The lowest BCUT2D eigenvalue weighted by Gasteiger charge is -2.37. The first-order valence-electron chi connectivity index (χ1n) is 9.90. The van der Waals surface area contributed by atoms with Crippen LogP contribution in [0.25, 0.3) is 0 Å². The number of amides is 1. The van der Waals surface area contributed by atoms with Gasteiger partial charge in [-0.25, -0.2) is 4.79 Å². The van der Waals surface area contributed by atoms with Gasteiger partial charge in [-0.3, -0.25) is 14.6 Å². The van der Waals surface area contributed by atoms with E-state index in [4.69, 9.17) is 4.74 Å². The van der Waals surface area contributed by atoms with Crippen LogP contribution < -0.4 is 0 Å². The number of fused-ring (bicyclic) bond motifs is 1. The molecular formula is C19H32N2O5. The molecule has 2 aliphatic rings. The minimum absolute atomic E-state index is 0.197. The topological polar surface area (TPSA) is 87.2 Å². The lowest BCUT2D eigenvalue weighted by atomic mass is 9.84. The van der Waals surface area contributed by atoms with Crippen molar-refractivity contribution in [2.75, 3.05) is 19.7 Å². The Hall–Kier alpha value is -1.63. The number of carbonyl (C=O) groups excluding carboxylic acids is 2. The van der Waals surface area contributed by atoms with Crippen molar-refractivity contribution >= 4 is 18.3 Å². The van der Waals surface area contributed by atoms with Crippen LogP contribution in [0.5, 0.6) is 0 Å². The molecule has 1 aliphatic carbocycles. The van der Waals surface area contributed by atoms with E-state index in [0.29, 0.717) is 18.9 Å². The molecule has 1 heterocycles. The van der Waals surface area contributed by atoms with Crippen molar-refractivity contribution < 1.29 is 24.2 Å². The fourth-order valence-electron chi connectivity index (χ4n) is 4.42. The van der Waals surface area contributed by atoms with Crippen LogP contribution in [0.1, 0.15) is 58.8 Å². The summed E-state index contributed by atoms with van der Waals surface area (Å²) >= 11 is 0. The monoisotopic (exact) mass is 368 g/mol. The molecule has 2 rings (SSSR count). The molecular weight excluding hydrogens is 336 g/mol. The van der Waals surface area contributed by atoms with Crippen LogP contribution in [0.3, 0.4) is 0 Å². The Balaban J connectivity index is 2.16. The average Bonchev–Trinajstić information content (AvgIpc) is 3.00. The van der Waals surface area contributed by atoms with Crippen LogP contribution in [0, 0.1) is 5.92 Å². The lowest BCUT2D eigenvalue weighted by Crippen LogP contribution is -2.53. The van der Waals surface area contributed by atoms with E-state index in [9.17, 15) is 19.5 Å². The molecule has 1 saturated carbocycles. The molecule has 4 atom stereocenters. The van der Waals surface area contributed by atoms with E-state index in [1.54, 1.807) is 6.92 Å². The number of aliphatic carboxylic acids is 1. The number of hydrogen-bond acceptors (Lipinski definition) is 5. The van der Waals surface area contributed by atoms with Crippen molar-refractivity contribution in [2.45, 2.75) is 76.9 Å². The summed E-state index contributed by atoms with van der Waals surface area (Å²) < 4.78 is 5.12. The second kappa shape index (κ2) is 9.90. The van der Waals surface area contributed by atoms with Crippen molar-refractivity contribution in [2.24, 2.45) is 5.92 Å². The van der Waals surface area contributed by atoms with Gasteiger partial charge in [0.05, 0.1) is 6.61 Å². The fourth-order valence-corrected chi connectivity index (χ4v) is 4.42. The SMILES string of the molecule is CCCCN(C(=O)OCC)[C@H](C=O)CN1[C@H](C(=O)O)C[C@@H]2CCCC[C@@H]21. The number of hydrogen-bond donors (Lipinski definition) is 1. The van der Waals surface area contributed by atoms with Gasteiger partial charge in [-0.05, 0) is 38.5 Å². The maximum atomic E-state index is 12.3. The zero-order valence-corrected chi connectivity index (χ0v) is 15.9. The number of nitrogens with zero attached hydrogens (tertiary/aromatic N) is 2. The van der Waals surface area contributed by atoms with Crippen LogP contribution in [-0.4, -0.2) is 71.1 Å². The first-order valence-corrected chi connectivity index (χ1v) is 9.90. The Kier molecular flexibility index (Phi) is 7.87. The summed E-state index contributed by atoms with van der Waals surface area (Å²) in [7, 11) is 0. The Morgan fingerprint density at radius 1 is 1.31 bits per heavy atom. The smallest absolute Gasteiger partial charge is 0.410 e. The second-order valence-electron chi connectivity index (χ2n) is 7.35. The highest BCUT2D eigenvalue weighted by Crippen LogP contribution is 2.39. The van der Waals surface area contributed by atoms with E-state index >= 15 is 0 Å². The summed E-state index contributed by atoms with van der Waals surface area (Å²) in [5, 5.41) is 9.65. The third-order valence-corrected chi connectivity index (χ3v) is 5.72. The van der Waals surface area contributed by atoms with Gasteiger partial charge in [0.1, 0.15) is 18.4 Å². The Bertz CT molecular complexity index is 498. The summed E-state index contributed by atoms with van der Waals surface area (Å²) in [5.74, 6) is -0.455. The van der Waals surface area contributed by atoms with Crippen LogP contribution >= 0.6 is 0 Å². The predicted molar refractivity (Wildman–Crippen MR) is 97.0 cm³/mol. The number of aldehydes is 1. The Morgan fingerprint density at radius 3 is 2.65 bits per heavy atom. The van der Waals surface area contributed by atoms with Gasteiger partial charge in [0, 0.05) is 19.1 Å². The zero-order valence-electron chi connectivity index (χ0n) is 15.9.